The Morgan fingerprint density at radius 3 is 2.62 bits per heavy atom. The molecule has 0 unspecified atom stereocenters. The molecular formula is C24H36O2. The Labute approximate surface area is 158 Å². The number of aliphatic hydroxyl groups is 1. The van der Waals surface area contributed by atoms with Gasteiger partial charge >= 0.3 is 0 Å². The standard InChI is InChI=1S/C24H36O2/c1-5-20(25)14(2)17-6-7-18-16-12-21(26)24-13-15(24)8-11-23(24,4)19(16)9-10-22(17,18)3/h5,14-20,25H,1,6-13H2,2-4H3/t14-,15-,16+,17-,18+,19+,20-,22-,23-,24+/m1/s1. The Kier molecular flexibility index (Phi) is 3.52. The maximum absolute atomic E-state index is 13.3. The summed E-state index contributed by atoms with van der Waals surface area (Å²) in [7, 11) is 0. The third-order valence-corrected chi connectivity index (χ3v) is 10.8. The number of fused-ring (bicyclic) bond motifs is 4. The molecule has 0 saturated heterocycles. The molecule has 5 aliphatic rings. The fourth-order valence-corrected chi connectivity index (χ4v) is 9.37. The van der Waals surface area contributed by atoms with Crippen LogP contribution in [0.25, 0.3) is 0 Å². The minimum absolute atomic E-state index is 0.103. The molecule has 0 aromatic carbocycles. The van der Waals surface area contributed by atoms with Crippen LogP contribution in [0.15, 0.2) is 12.7 Å². The van der Waals surface area contributed by atoms with E-state index in [-0.39, 0.29) is 11.3 Å². The van der Waals surface area contributed by atoms with Gasteiger partial charge in [-0.15, -0.1) is 6.58 Å². The van der Waals surface area contributed by atoms with Crippen molar-refractivity contribution in [2.45, 2.75) is 78.2 Å². The summed E-state index contributed by atoms with van der Waals surface area (Å²) in [5, 5.41) is 10.4. The number of Topliss-reactive ketones (excluding diaryl/α,β-unsaturated/α-hetero) is 1. The van der Waals surface area contributed by atoms with Gasteiger partial charge in [-0.2, -0.15) is 0 Å². The van der Waals surface area contributed by atoms with Gasteiger partial charge in [-0.3, -0.25) is 4.79 Å². The number of hydrogen-bond donors (Lipinski definition) is 1. The Morgan fingerprint density at radius 1 is 1.15 bits per heavy atom. The molecule has 0 radical (unpaired) electrons. The fourth-order valence-electron chi connectivity index (χ4n) is 9.37. The van der Waals surface area contributed by atoms with Crippen LogP contribution in [0.3, 0.4) is 0 Å². The monoisotopic (exact) mass is 356 g/mol. The summed E-state index contributed by atoms with van der Waals surface area (Å²) in [6.45, 7) is 11.0. The van der Waals surface area contributed by atoms with Crippen LogP contribution in [0.1, 0.15) is 72.1 Å². The normalized spacial score (nSPS) is 56.8. The predicted octanol–water partition coefficient (Wildman–Crippen LogP) is 5.01. The van der Waals surface area contributed by atoms with Gasteiger partial charge in [-0.05, 0) is 91.3 Å². The van der Waals surface area contributed by atoms with Crippen LogP contribution in [-0.2, 0) is 4.79 Å². The smallest absolute Gasteiger partial charge is 0.140 e. The van der Waals surface area contributed by atoms with Crippen LogP contribution in [0.4, 0.5) is 0 Å². The Morgan fingerprint density at radius 2 is 1.92 bits per heavy atom. The Hall–Kier alpha value is -0.630. The van der Waals surface area contributed by atoms with E-state index in [0.717, 1.165) is 18.3 Å². The van der Waals surface area contributed by atoms with Crippen LogP contribution in [0.2, 0.25) is 0 Å². The summed E-state index contributed by atoms with van der Waals surface area (Å²) in [5.74, 6) is 4.26. The Balaban J connectivity index is 1.46. The second-order valence-electron chi connectivity index (χ2n) is 11.1. The lowest BCUT2D eigenvalue weighted by Crippen LogP contribution is -2.55. The summed E-state index contributed by atoms with van der Waals surface area (Å²) in [6.07, 6.45) is 11.1. The first-order valence-electron chi connectivity index (χ1n) is 11.1. The molecular weight excluding hydrogens is 320 g/mol. The topological polar surface area (TPSA) is 37.3 Å². The van der Waals surface area contributed by atoms with Crippen molar-refractivity contribution in [3.8, 4) is 0 Å². The third-order valence-electron chi connectivity index (χ3n) is 10.8. The third kappa shape index (κ3) is 1.81. The molecule has 0 bridgehead atoms. The van der Waals surface area contributed by atoms with E-state index in [2.05, 4.69) is 27.4 Å². The van der Waals surface area contributed by atoms with Crippen molar-refractivity contribution in [3.63, 3.8) is 0 Å². The summed E-state index contributed by atoms with van der Waals surface area (Å²) in [4.78, 5) is 13.3. The number of ketones is 1. The van der Waals surface area contributed by atoms with Crippen molar-refractivity contribution in [1.29, 1.82) is 0 Å². The molecule has 0 aromatic rings. The average Bonchev–Trinajstić information content (AvgIpc) is 3.15. The fraction of sp³-hybridized carbons (Fsp3) is 0.875. The summed E-state index contributed by atoms with van der Waals surface area (Å²) < 4.78 is 0. The SMILES string of the molecule is C=C[C@@H](O)[C@H](C)[C@H]1CC[C@H]2[C@@H]3CC(=O)[C@]45C[C@H]4CC[C@]5(C)[C@H]3CC[C@]12C. The van der Waals surface area contributed by atoms with Crippen molar-refractivity contribution >= 4 is 5.78 Å². The number of carbonyl (C=O) groups is 1. The van der Waals surface area contributed by atoms with Crippen LogP contribution in [0.5, 0.6) is 0 Å². The highest BCUT2D eigenvalue weighted by atomic mass is 16.3. The molecule has 144 valence electrons. The van der Waals surface area contributed by atoms with E-state index in [4.69, 9.17) is 0 Å². The van der Waals surface area contributed by atoms with Crippen molar-refractivity contribution in [2.24, 2.45) is 51.8 Å². The van der Waals surface area contributed by atoms with E-state index >= 15 is 0 Å². The zero-order chi connectivity index (χ0) is 18.5. The average molecular weight is 357 g/mol. The van der Waals surface area contributed by atoms with Gasteiger partial charge < -0.3 is 5.11 Å². The van der Waals surface area contributed by atoms with Crippen molar-refractivity contribution in [2.75, 3.05) is 0 Å². The van der Waals surface area contributed by atoms with E-state index < -0.39 is 6.10 Å². The molecule has 0 aliphatic heterocycles. The maximum Gasteiger partial charge on any atom is 0.140 e. The highest BCUT2D eigenvalue weighted by molar-refractivity contribution is 5.91. The predicted molar refractivity (Wildman–Crippen MR) is 103 cm³/mol. The van der Waals surface area contributed by atoms with Gasteiger partial charge in [0.2, 0.25) is 0 Å². The van der Waals surface area contributed by atoms with Crippen LogP contribution in [-0.4, -0.2) is 17.0 Å². The van der Waals surface area contributed by atoms with E-state index in [9.17, 15) is 9.90 Å². The lowest BCUT2D eigenvalue weighted by molar-refractivity contribution is -0.152. The molecule has 5 aliphatic carbocycles. The molecule has 2 nitrogen and oxygen atoms in total. The van der Waals surface area contributed by atoms with E-state index in [1.807, 2.05) is 0 Å². The molecule has 0 amide bonds. The van der Waals surface area contributed by atoms with Gasteiger partial charge in [0.1, 0.15) is 5.78 Å². The number of carbonyl (C=O) groups excluding carboxylic acids is 1. The first-order valence-corrected chi connectivity index (χ1v) is 11.1. The highest BCUT2D eigenvalue weighted by Crippen LogP contribution is 2.80. The molecule has 0 aromatic heterocycles. The summed E-state index contributed by atoms with van der Waals surface area (Å²) in [6, 6.07) is 0. The lowest BCUT2D eigenvalue weighted by atomic mass is 9.45. The molecule has 5 fully saturated rings. The number of rotatable bonds is 3. The molecule has 26 heavy (non-hydrogen) atoms. The second kappa shape index (κ2) is 5.25. The zero-order valence-electron chi connectivity index (χ0n) is 16.8. The van der Waals surface area contributed by atoms with E-state index in [1.165, 1.54) is 44.9 Å². The molecule has 10 atom stereocenters. The van der Waals surface area contributed by atoms with Crippen molar-refractivity contribution < 1.29 is 9.90 Å². The summed E-state index contributed by atoms with van der Waals surface area (Å²) in [5.41, 5.74) is 0.697. The first-order chi connectivity index (χ1) is 12.3. The minimum atomic E-state index is -0.399. The van der Waals surface area contributed by atoms with Crippen LogP contribution < -0.4 is 0 Å². The van der Waals surface area contributed by atoms with Crippen LogP contribution in [0, 0.1) is 51.8 Å². The van der Waals surface area contributed by atoms with E-state index in [1.54, 1.807) is 6.08 Å². The molecule has 0 heterocycles. The highest BCUT2D eigenvalue weighted by Gasteiger charge is 2.77. The van der Waals surface area contributed by atoms with Crippen LogP contribution >= 0.6 is 0 Å². The largest absolute Gasteiger partial charge is 0.389 e. The van der Waals surface area contributed by atoms with Gasteiger partial charge in [-0.1, -0.05) is 26.8 Å². The molecule has 5 rings (SSSR count). The van der Waals surface area contributed by atoms with E-state index in [0.29, 0.717) is 34.4 Å². The molecule has 5 saturated carbocycles. The van der Waals surface area contributed by atoms with Gasteiger partial charge in [0.15, 0.2) is 0 Å². The zero-order valence-corrected chi connectivity index (χ0v) is 16.8. The van der Waals surface area contributed by atoms with Gasteiger partial charge in [0.05, 0.1) is 6.10 Å². The quantitative estimate of drug-likeness (QED) is 0.722. The number of hydrogen-bond acceptors (Lipinski definition) is 2. The summed E-state index contributed by atoms with van der Waals surface area (Å²) >= 11 is 0. The first kappa shape index (κ1) is 17.5. The lowest BCUT2D eigenvalue weighted by Gasteiger charge is -2.58. The van der Waals surface area contributed by atoms with Crippen molar-refractivity contribution in [1.82, 2.24) is 0 Å². The molecule has 1 N–H and O–H groups in total. The van der Waals surface area contributed by atoms with Crippen molar-refractivity contribution in [3.05, 3.63) is 12.7 Å². The van der Waals surface area contributed by atoms with Gasteiger partial charge in [0, 0.05) is 11.8 Å². The number of aliphatic hydroxyl groups excluding tert-OH is 1. The maximum atomic E-state index is 13.3. The van der Waals surface area contributed by atoms with Gasteiger partial charge in [0.25, 0.3) is 0 Å². The second-order valence-corrected chi connectivity index (χ2v) is 11.1. The molecule has 2 heteroatoms. The molecule has 1 spiro atoms. The Bertz CT molecular complexity index is 655. The minimum Gasteiger partial charge on any atom is -0.389 e. The van der Waals surface area contributed by atoms with Gasteiger partial charge in [-0.25, -0.2) is 0 Å².